The average molecular weight is 361 g/mol. The summed E-state index contributed by atoms with van der Waals surface area (Å²) in [5.74, 6) is 0.815. The molecule has 1 aromatic heterocycles. The number of nitrogens with one attached hydrogen (secondary N) is 1. The molecule has 1 heterocycles. The molecule has 0 fully saturated rings. The SMILES string of the molecule is CNC(c1ccc(C)s1)c1cc(Cl)cc(Br)c1OC. The van der Waals surface area contributed by atoms with Gasteiger partial charge in [-0.2, -0.15) is 0 Å². The van der Waals surface area contributed by atoms with Gasteiger partial charge in [-0.05, 0) is 54.2 Å². The summed E-state index contributed by atoms with van der Waals surface area (Å²) in [6.45, 7) is 2.10. The lowest BCUT2D eigenvalue weighted by molar-refractivity contribution is 0.403. The van der Waals surface area contributed by atoms with E-state index in [2.05, 4.69) is 40.3 Å². The maximum Gasteiger partial charge on any atom is 0.138 e. The fourth-order valence-corrected chi connectivity index (χ4v) is 4.07. The Balaban J connectivity index is 2.54. The molecule has 0 aliphatic rings. The molecule has 1 aromatic carbocycles. The number of hydrogen-bond donors (Lipinski definition) is 1. The number of benzene rings is 1. The predicted octanol–water partition coefficient (Wildman–Crippen LogP) is 4.79. The van der Waals surface area contributed by atoms with Crippen molar-refractivity contribution >= 4 is 38.9 Å². The van der Waals surface area contributed by atoms with E-state index < -0.39 is 0 Å². The summed E-state index contributed by atoms with van der Waals surface area (Å²) >= 11 is 11.4. The molecule has 0 aliphatic heterocycles. The quantitative estimate of drug-likeness (QED) is 0.846. The zero-order chi connectivity index (χ0) is 14.0. The van der Waals surface area contributed by atoms with Gasteiger partial charge >= 0.3 is 0 Å². The first-order valence-corrected chi connectivity index (χ1v) is 7.82. The first-order chi connectivity index (χ1) is 9.06. The largest absolute Gasteiger partial charge is 0.495 e. The van der Waals surface area contributed by atoms with E-state index in [0.717, 1.165) is 15.8 Å². The molecule has 1 unspecified atom stereocenters. The van der Waals surface area contributed by atoms with Crippen LogP contribution in [0, 0.1) is 6.92 Å². The third kappa shape index (κ3) is 3.14. The summed E-state index contributed by atoms with van der Waals surface area (Å²) in [4.78, 5) is 2.53. The van der Waals surface area contributed by atoms with Crippen LogP contribution in [0.5, 0.6) is 5.75 Å². The summed E-state index contributed by atoms with van der Waals surface area (Å²) in [7, 11) is 3.61. The maximum absolute atomic E-state index is 6.16. The molecule has 0 saturated heterocycles. The molecule has 102 valence electrons. The molecule has 1 N–H and O–H groups in total. The average Bonchev–Trinajstić information content (AvgIpc) is 2.76. The molecule has 1 atom stereocenters. The third-order valence-corrected chi connectivity index (χ3v) is 4.76. The Kier molecular flexibility index (Phi) is 4.90. The van der Waals surface area contributed by atoms with E-state index in [0.29, 0.717) is 5.02 Å². The van der Waals surface area contributed by atoms with Crippen molar-refractivity contribution in [1.29, 1.82) is 0 Å². The second-order valence-corrected chi connectivity index (χ2v) is 6.79. The van der Waals surface area contributed by atoms with Gasteiger partial charge in [0.15, 0.2) is 0 Å². The van der Waals surface area contributed by atoms with E-state index in [-0.39, 0.29) is 6.04 Å². The predicted molar refractivity (Wildman–Crippen MR) is 85.7 cm³/mol. The summed E-state index contributed by atoms with van der Waals surface area (Å²) < 4.78 is 6.37. The highest BCUT2D eigenvalue weighted by molar-refractivity contribution is 9.10. The molecule has 2 rings (SSSR count). The van der Waals surface area contributed by atoms with Gasteiger partial charge in [-0.3, -0.25) is 0 Å². The minimum absolute atomic E-state index is 0.0728. The lowest BCUT2D eigenvalue weighted by Crippen LogP contribution is -2.17. The molecule has 5 heteroatoms. The van der Waals surface area contributed by atoms with Crippen LogP contribution < -0.4 is 10.1 Å². The number of halogens is 2. The van der Waals surface area contributed by atoms with Crippen LogP contribution in [0.25, 0.3) is 0 Å². The van der Waals surface area contributed by atoms with Crippen molar-refractivity contribution in [3.05, 3.63) is 49.1 Å². The zero-order valence-electron chi connectivity index (χ0n) is 11.0. The Morgan fingerprint density at radius 2 is 2.11 bits per heavy atom. The van der Waals surface area contributed by atoms with Crippen LogP contribution in [0.15, 0.2) is 28.7 Å². The Morgan fingerprint density at radius 1 is 1.37 bits per heavy atom. The fourth-order valence-electron chi connectivity index (χ4n) is 2.07. The van der Waals surface area contributed by atoms with Gasteiger partial charge in [-0.15, -0.1) is 11.3 Å². The number of rotatable bonds is 4. The molecule has 0 saturated carbocycles. The summed E-state index contributed by atoms with van der Waals surface area (Å²) in [6.07, 6.45) is 0. The second-order valence-electron chi connectivity index (χ2n) is 4.18. The van der Waals surface area contributed by atoms with E-state index in [1.54, 1.807) is 18.4 Å². The van der Waals surface area contributed by atoms with Crippen LogP contribution in [0.2, 0.25) is 5.02 Å². The van der Waals surface area contributed by atoms with Crippen LogP contribution in [0.3, 0.4) is 0 Å². The van der Waals surface area contributed by atoms with Gasteiger partial charge in [0.2, 0.25) is 0 Å². The third-order valence-electron chi connectivity index (χ3n) is 2.89. The molecule has 0 bridgehead atoms. The van der Waals surface area contributed by atoms with Crippen molar-refractivity contribution in [2.24, 2.45) is 0 Å². The zero-order valence-corrected chi connectivity index (χ0v) is 14.1. The summed E-state index contributed by atoms with van der Waals surface area (Å²) in [6, 6.07) is 8.12. The minimum Gasteiger partial charge on any atom is -0.495 e. The van der Waals surface area contributed by atoms with Gasteiger partial charge in [0.05, 0.1) is 17.6 Å². The van der Waals surface area contributed by atoms with Crippen LogP contribution >= 0.6 is 38.9 Å². The lowest BCUT2D eigenvalue weighted by atomic mass is 10.0. The molecule has 0 radical (unpaired) electrons. The van der Waals surface area contributed by atoms with E-state index in [4.69, 9.17) is 16.3 Å². The maximum atomic E-state index is 6.16. The number of ether oxygens (including phenoxy) is 1. The van der Waals surface area contributed by atoms with Crippen LogP contribution in [0.4, 0.5) is 0 Å². The van der Waals surface area contributed by atoms with Gasteiger partial charge in [-0.1, -0.05) is 11.6 Å². The standard InChI is InChI=1S/C14H15BrClNOS/c1-8-4-5-12(19-8)13(17-2)10-6-9(16)7-11(15)14(10)18-3/h4-7,13,17H,1-3H3. The molecule has 0 aliphatic carbocycles. The van der Waals surface area contributed by atoms with Crippen molar-refractivity contribution in [2.45, 2.75) is 13.0 Å². The normalized spacial score (nSPS) is 12.5. The van der Waals surface area contributed by atoms with E-state index in [1.165, 1.54) is 9.75 Å². The molecule has 0 spiro atoms. The number of thiophene rings is 1. The second kappa shape index (κ2) is 6.27. The van der Waals surface area contributed by atoms with Crippen LogP contribution in [-0.2, 0) is 0 Å². The molecule has 2 aromatic rings. The highest BCUT2D eigenvalue weighted by Gasteiger charge is 2.20. The van der Waals surface area contributed by atoms with E-state index >= 15 is 0 Å². The topological polar surface area (TPSA) is 21.3 Å². The molecule has 19 heavy (non-hydrogen) atoms. The Hall–Kier alpha value is -0.550. The minimum atomic E-state index is 0.0728. The highest BCUT2D eigenvalue weighted by Crippen LogP contribution is 2.39. The van der Waals surface area contributed by atoms with Crippen molar-refractivity contribution in [1.82, 2.24) is 5.32 Å². The molecular formula is C14H15BrClNOS. The smallest absolute Gasteiger partial charge is 0.138 e. The Bertz CT molecular complexity index is 585. The van der Waals surface area contributed by atoms with Gasteiger partial charge in [0.25, 0.3) is 0 Å². The van der Waals surface area contributed by atoms with Gasteiger partial charge < -0.3 is 10.1 Å². The molecular weight excluding hydrogens is 346 g/mol. The van der Waals surface area contributed by atoms with Crippen molar-refractivity contribution in [3.63, 3.8) is 0 Å². The highest BCUT2D eigenvalue weighted by atomic mass is 79.9. The Morgan fingerprint density at radius 3 is 2.63 bits per heavy atom. The van der Waals surface area contributed by atoms with Gasteiger partial charge in [0, 0.05) is 20.3 Å². The van der Waals surface area contributed by atoms with E-state index in [9.17, 15) is 0 Å². The van der Waals surface area contributed by atoms with Crippen molar-refractivity contribution in [3.8, 4) is 5.75 Å². The molecule has 0 amide bonds. The van der Waals surface area contributed by atoms with Crippen molar-refractivity contribution in [2.75, 3.05) is 14.2 Å². The first-order valence-electron chi connectivity index (χ1n) is 5.83. The van der Waals surface area contributed by atoms with Gasteiger partial charge in [-0.25, -0.2) is 0 Å². The number of aryl methyl sites for hydroxylation is 1. The molecule has 2 nitrogen and oxygen atoms in total. The number of hydrogen-bond acceptors (Lipinski definition) is 3. The van der Waals surface area contributed by atoms with Gasteiger partial charge in [0.1, 0.15) is 5.75 Å². The van der Waals surface area contributed by atoms with Crippen LogP contribution in [0.1, 0.15) is 21.4 Å². The number of methoxy groups -OCH3 is 1. The first kappa shape index (κ1) is 14.9. The lowest BCUT2D eigenvalue weighted by Gasteiger charge is -2.19. The monoisotopic (exact) mass is 359 g/mol. The summed E-state index contributed by atoms with van der Waals surface area (Å²) in [5, 5.41) is 4.02. The fraction of sp³-hybridized carbons (Fsp3) is 0.286. The van der Waals surface area contributed by atoms with Crippen molar-refractivity contribution < 1.29 is 4.74 Å². The Labute approximate surface area is 130 Å². The summed E-state index contributed by atoms with van der Waals surface area (Å²) in [5.41, 5.74) is 1.03. The van der Waals surface area contributed by atoms with E-state index in [1.807, 2.05) is 19.2 Å². The van der Waals surface area contributed by atoms with Crippen LogP contribution in [-0.4, -0.2) is 14.2 Å².